The van der Waals surface area contributed by atoms with E-state index >= 15 is 0 Å². The van der Waals surface area contributed by atoms with E-state index in [2.05, 4.69) is 229 Å². The first-order valence-electron chi connectivity index (χ1n) is 19.5. The summed E-state index contributed by atoms with van der Waals surface area (Å²) in [4.78, 5) is 2.39. The molecule has 0 spiro atoms. The zero-order valence-electron chi connectivity index (χ0n) is 31.4. The number of para-hydroxylation sites is 1. The van der Waals surface area contributed by atoms with E-state index in [1.807, 2.05) is 0 Å². The molecule has 270 valence electrons. The summed E-state index contributed by atoms with van der Waals surface area (Å²) in [5.41, 5.74) is 14.5. The number of fused-ring (bicyclic) bond motifs is 4. The van der Waals surface area contributed by atoms with Crippen LogP contribution in [0, 0.1) is 0 Å². The lowest BCUT2D eigenvalue weighted by molar-refractivity contribution is 0.669. The molecule has 57 heavy (non-hydrogen) atoms. The molecule has 0 bridgehead atoms. The Hall–Kier alpha value is -7.42. The predicted molar refractivity (Wildman–Crippen MR) is 241 cm³/mol. The molecular formula is C55H39NO. The third-order valence-corrected chi connectivity index (χ3v) is 10.9. The van der Waals surface area contributed by atoms with Crippen molar-refractivity contribution in [2.75, 3.05) is 4.90 Å². The molecule has 0 aliphatic rings. The zero-order chi connectivity index (χ0) is 38.0. The van der Waals surface area contributed by atoms with Crippen molar-refractivity contribution in [2.45, 2.75) is 6.42 Å². The second-order valence-electron chi connectivity index (χ2n) is 14.5. The maximum Gasteiger partial charge on any atom is 0.137 e. The molecule has 0 aliphatic carbocycles. The van der Waals surface area contributed by atoms with Crippen molar-refractivity contribution in [1.82, 2.24) is 0 Å². The number of rotatable bonds is 9. The fraction of sp³-hybridized carbons (Fsp3) is 0.0182. The highest BCUT2D eigenvalue weighted by Gasteiger charge is 2.21. The van der Waals surface area contributed by atoms with Gasteiger partial charge in [0.1, 0.15) is 11.2 Å². The van der Waals surface area contributed by atoms with Crippen LogP contribution in [0.15, 0.2) is 223 Å². The minimum atomic E-state index is 0.764. The highest BCUT2D eigenvalue weighted by Crippen LogP contribution is 2.45. The molecule has 0 radical (unpaired) electrons. The number of furan rings is 1. The number of anilines is 3. The molecular weight excluding hydrogens is 691 g/mol. The van der Waals surface area contributed by atoms with Gasteiger partial charge in [-0.05, 0) is 116 Å². The number of benzene rings is 9. The van der Waals surface area contributed by atoms with E-state index in [1.54, 1.807) is 0 Å². The van der Waals surface area contributed by atoms with Gasteiger partial charge in [-0.25, -0.2) is 0 Å². The van der Waals surface area contributed by atoms with Gasteiger partial charge in [-0.1, -0.05) is 170 Å². The Labute approximate surface area is 333 Å². The summed E-state index contributed by atoms with van der Waals surface area (Å²) in [6, 6.07) is 78.0. The topological polar surface area (TPSA) is 16.4 Å². The maximum atomic E-state index is 6.65. The van der Waals surface area contributed by atoms with Crippen molar-refractivity contribution >= 4 is 61.4 Å². The zero-order valence-corrected chi connectivity index (χ0v) is 31.4. The van der Waals surface area contributed by atoms with Gasteiger partial charge in [0.25, 0.3) is 0 Å². The van der Waals surface area contributed by atoms with Gasteiger partial charge < -0.3 is 9.32 Å². The monoisotopic (exact) mass is 729 g/mol. The summed E-state index contributed by atoms with van der Waals surface area (Å²) in [5.74, 6) is 0. The molecule has 0 amide bonds. The van der Waals surface area contributed by atoms with Crippen LogP contribution in [-0.2, 0) is 6.42 Å². The Kier molecular flexibility index (Phi) is 8.98. The third-order valence-electron chi connectivity index (χ3n) is 10.9. The first kappa shape index (κ1) is 34.1. The van der Waals surface area contributed by atoms with Gasteiger partial charge in [-0.15, -0.1) is 0 Å². The average molecular weight is 730 g/mol. The van der Waals surface area contributed by atoms with Gasteiger partial charge in [-0.2, -0.15) is 0 Å². The van der Waals surface area contributed by atoms with E-state index < -0.39 is 0 Å². The second kappa shape index (κ2) is 15.0. The summed E-state index contributed by atoms with van der Waals surface area (Å²) in [7, 11) is 0. The average Bonchev–Trinajstić information content (AvgIpc) is 3.66. The minimum Gasteiger partial charge on any atom is -0.456 e. The fourth-order valence-electron chi connectivity index (χ4n) is 8.16. The summed E-state index contributed by atoms with van der Waals surface area (Å²) in [5, 5.41) is 4.68. The molecule has 0 unspecified atom stereocenters. The summed E-state index contributed by atoms with van der Waals surface area (Å²) >= 11 is 0. The molecule has 9 aromatic carbocycles. The Morgan fingerprint density at radius 3 is 1.77 bits per heavy atom. The van der Waals surface area contributed by atoms with Crippen LogP contribution in [0.25, 0.3) is 66.6 Å². The molecule has 0 N–H and O–H groups in total. The second-order valence-corrected chi connectivity index (χ2v) is 14.5. The highest BCUT2D eigenvalue weighted by atomic mass is 16.3. The smallest absolute Gasteiger partial charge is 0.137 e. The van der Waals surface area contributed by atoms with Crippen molar-refractivity contribution in [2.24, 2.45) is 0 Å². The van der Waals surface area contributed by atoms with Gasteiger partial charge in [-0.3, -0.25) is 0 Å². The van der Waals surface area contributed by atoms with Crippen LogP contribution >= 0.6 is 0 Å². The quantitative estimate of drug-likeness (QED) is 0.138. The molecule has 2 nitrogen and oxygen atoms in total. The van der Waals surface area contributed by atoms with Gasteiger partial charge in [0, 0.05) is 16.8 Å². The van der Waals surface area contributed by atoms with E-state index in [0.717, 1.165) is 56.5 Å². The van der Waals surface area contributed by atoms with Crippen LogP contribution in [-0.4, -0.2) is 0 Å². The molecule has 0 atom stereocenters. The van der Waals surface area contributed by atoms with Crippen LogP contribution < -0.4 is 4.90 Å². The highest BCUT2D eigenvalue weighted by molar-refractivity contribution is 6.14. The maximum absolute atomic E-state index is 6.65. The lowest BCUT2D eigenvalue weighted by Gasteiger charge is -2.27. The molecule has 1 heterocycles. The molecule has 1 aromatic heterocycles. The lowest BCUT2D eigenvalue weighted by atomic mass is 9.93. The van der Waals surface area contributed by atoms with E-state index in [1.165, 1.54) is 44.2 Å². The molecule has 0 saturated carbocycles. The van der Waals surface area contributed by atoms with Crippen LogP contribution in [0.5, 0.6) is 0 Å². The molecule has 10 aromatic rings. The van der Waals surface area contributed by atoms with Crippen molar-refractivity contribution in [1.29, 1.82) is 0 Å². The van der Waals surface area contributed by atoms with E-state index in [0.29, 0.717) is 0 Å². The van der Waals surface area contributed by atoms with E-state index in [4.69, 9.17) is 4.42 Å². The Morgan fingerprint density at radius 1 is 0.439 bits per heavy atom. The van der Waals surface area contributed by atoms with Crippen molar-refractivity contribution in [3.8, 4) is 22.3 Å². The largest absolute Gasteiger partial charge is 0.456 e. The third kappa shape index (κ3) is 6.79. The first-order valence-corrected chi connectivity index (χ1v) is 19.5. The standard InChI is InChI=1S/C55H39NO/c1-5-17-40(18-6-1)45(35-44-25-15-24-43-23-13-14-28-50(43)44)33-39-31-32-53-51(34-39)55-52(29-16-30-54(55)57-53)56(48-26-11-4-12-27-48)49-37-46(41-19-7-2-8-20-41)36-47(38-49)42-21-9-3-10-22-42/h1-32,34-38H,33H2/b45-35-. The fourth-order valence-corrected chi connectivity index (χ4v) is 8.16. The van der Waals surface area contributed by atoms with Crippen molar-refractivity contribution in [3.63, 3.8) is 0 Å². The molecule has 2 heteroatoms. The van der Waals surface area contributed by atoms with Crippen LogP contribution in [0.3, 0.4) is 0 Å². The number of hydrogen-bond acceptors (Lipinski definition) is 2. The normalized spacial score (nSPS) is 11.7. The van der Waals surface area contributed by atoms with Gasteiger partial charge in [0.05, 0.1) is 11.1 Å². The minimum absolute atomic E-state index is 0.764. The Bertz CT molecular complexity index is 2960. The van der Waals surface area contributed by atoms with Gasteiger partial charge >= 0.3 is 0 Å². The first-order chi connectivity index (χ1) is 28.2. The predicted octanol–water partition coefficient (Wildman–Crippen LogP) is 15.3. The van der Waals surface area contributed by atoms with Gasteiger partial charge in [0.2, 0.25) is 0 Å². The Morgan fingerprint density at radius 2 is 1.05 bits per heavy atom. The molecule has 0 saturated heterocycles. The van der Waals surface area contributed by atoms with Crippen LogP contribution in [0.2, 0.25) is 0 Å². The van der Waals surface area contributed by atoms with Gasteiger partial charge in [0.15, 0.2) is 0 Å². The number of hydrogen-bond donors (Lipinski definition) is 0. The van der Waals surface area contributed by atoms with Crippen LogP contribution in [0.1, 0.15) is 16.7 Å². The van der Waals surface area contributed by atoms with Crippen molar-refractivity contribution in [3.05, 3.63) is 235 Å². The van der Waals surface area contributed by atoms with E-state index in [9.17, 15) is 0 Å². The lowest BCUT2D eigenvalue weighted by Crippen LogP contribution is -2.10. The summed E-state index contributed by atoms with van der Waals surface area (Å²) in [6.07, 6.45) is 3.13. The molecule has 0 fully saturated rings. The summed E-state index contributed by atoms with van der Waals surface area (Å²) < 4.78 is 6.65. The summed E-state index contributed by atoms with van der Waals surface area (Å²) in [6.45, 7) is 0. The van der Waals surface area contributed by atoms with Crippen molar-refractivity contribution < 1.29 is 4.42 Å². The number of allylic oxidation sites excluding steroid dienone is 1. The van der Waals surface area contributed by atoms with Crippen LogP contribution in [0.4, 0.5) is 17.1 Å². The Balaban J connectivity index is 1.15. The SMILES string of the molecule is C(=C(\Cc1ccc2oc3cccc(N(c4ccccc4)c4cc(-c5ccccc5)cc(-c5ccccc5)c4)c3c2c1)c1ccccc1)/c1cccc2ccccc12. The molecule has 0 aliphatic heterocycles. The number of nitrogens with zero attached hydrogens (tertiary/aromatic N) is 1. The van der Waals surface area contributed by atoms with E-state index in [-0.39, 0.29) is 0 Å². The molecule has 10 rings (SSSR count).